The minimum Gasteiger partial charge on any atom is -0.372 e. The molecule has 1 aliphatic rings. The predicted molar refractivity (Wildman–Crippen MR) is 75.1 cm³/mol. The fraction of sp³-hybridized carbons (Fsp3) is 0.533. The van der Waals surface area contributed by atoms with Gasteiger partial charge in [-0.05, 0) is 51.0 Å². The molecule has 1 saturated carbocycles. The Labute approximate surface area is 109 Å². The summed E-state index contributed by atoms with van der Waals surface area (Å²) in [7, 11) is 1.90. The minimum absolute atomic E-state index is 0.142. The highest BCUT2D eigenvalue weighted by molar-refractivity contribution is 5.94. The molecule has 1 aromatic rings. The second-order valence-corrected chi connectivity index (χ2v) is 4.87. The zero-order valence-corrected chi connectivity index (χ0v) is 11.5. The van der Waals surface area contributed by atoms with Crippen LogP contribution < -0.4 is 4.90 Å². The molecule has 1 fully saturated rings. The summed E-state index contributed by atoms with van der Waals surface area (Å²) in [5, 5.41) is 0. The molecule has 1 amide bonds. The molecule has 3 heteroatoms. The summed E-state index contributed by atoms with van der Waals surface area (Å²) in [6, 6.07) is 8.44. The first-order valence-corrected chi connectivity index (χ1v) is 6.79. The normalized spacial score (nSPS) is 14.4. The van der Waals surface area contributed by atoms with Crippen LogP contribution in [0.5, 0.6) is 0 Å². The molecule has 0 N–H and O–H groups in total. The third kappa shape index (κ3) is 2.66. The van der Waals surface area contributed by atoms with Crippen LogP contribution in [0.2, 0.25) is 0 Å². The van der Waals surface area contributed by atoms with Gasteiger partial charge in [-0.15, -0.1) is 0 Å². The van der Waals surface area contributed by atoms with Gasteiger partial charge < -0.3 is 9.80 Å². The average molecular weight is 246 g/mol. The largest absolute Gasteiger partial charge is 0.372 e. The van der Waals surface area contributed by atoms with E-state index in [1.807, 2.05) is 36.2 Å². The van der Waals surface area contributed by atoms with Crippen molar-refractivity contribution in [3.63, 3.8) is 0 Å². The Bertz CT molecular complexity index is 405. The number of hydrogen-bond donors (Lipinski definition) is 0. The summed E-state index contributed by atoms with van der Waals surface area (Å²) < 4.78 is 0. The molecule has 0 heterocycles. The average Bonchev–Trinajstić information content (AvgIpc) is 3.24. The van der Waals surface area contributed by atoms with E-state index in [4.69, 9.17) is 0 Å². The van der Waals surface area contributed by atoms with Gasteiger partial charge in [-0.2, -0.15) is 0 Å². The molecule has 0 aromatic heterocycles. The summed E-state index contributed by atoms with van der Waals surface area (Å²) in [6.45, 7) is 6.27. The van der Waals surface area contributed by atoms with Crippen molar-refractivity contribution >= 4 is 11.6 Å². The van der Waals surface area contributed by atoms with Gasteiger partial charge in [-0.3, -0.25) is 4.79 Å². The van der Waals surface area contributed by atoms with Crippen LogP contribution in [0.4, 0.5) is 5.69 Å². The van der Waals surface area contributed by atoms with Gasteiger partial charge >= 0.3 is 0 Å². The molecular weight excluding hydrogens is 224 g/mol. The van der Waals surface area contributed by atoms with Crippen LogP contribution in [-0.2, 0) is 0 Å². The number of nitrogens with zero attached hydrogens (tertiary/aromatic N) is 2. The van der Waals surface area contributed by atoms with E-state index in [9.17, 15) is 4.79 Å². The summed E-state index contributed by atoms with van der Waals surface area (Å²) >= 11 is 0. The molecule has 0 spiro atoms. The van der Waals surface area contributed by atoms with Crippen molar-refractivity contribution in [3.05, 3.63) is 29.8 Å². The molecule has 2 rings (SSSR count). The molecule has 1 aromatic carbocycles. The lowest BCUT2D eigenvalue weighted by Gasteiger charge is -2.21. The molecule has 0 atom stereocenters. The van der Waals surface area contributed by atoms with Crippen LogP contribution >= 0.6 is 0 Å². The number of anilines is 1. The molecule has 18 heavy (non-hydrogen) atoms. The summed E-state index contributed by atoms with van der Waals surface area (Å²) in [4.78, 5) is 16.3. The number of benzene rings is 1. The van der Waals surface area contributed by atoms with Gasteiger partial charge in [0, 0.05) is 37.4 Å². The Morgan fingerprint density at radius 1 is 1.17 bits per heavy atom. The molecular formula is C15H22N2O. The lowest BCUT2D eigenvalue weighted by molar-refractivity contribution is 0.0785. The Morgan fingerprint density at radius 3 is 2.17 bits per heavy atom. The molecule has 0 unspecified atom stereocenters. The quantitative estimate of drug-likeness (QED) is 0.797. The second kappa shape index (κ2) is 5.42. The summed E-state index contributed by atoms with van der Waals surface area (Å²) in [5.74, 6) is 0.142. The number of amides is 1. The van der Waals surface area contributed by atoms with Gasteiger partial charge in [0.05, 0.1) is 0 Å². The zero-order chi connectivity index (χ0) is 13.1. The van der Waals surface area contributed by atoms with E-state index in [0.29, 0.717) is 6.04 Å². The van der Waals surface area contributed by atoms with E-state index in [0.717, 1.165) is 31.5 Å². The van der Waals surface area contributed by atoms with Crippen LogP contribution in [0, 0.1) is 0 Å². The van der Waals surface area contributed by atoms with E-state index in [1.54, 1.807) is 0 Å². The predicted octanol–water partition coefficient (Wildman–Crippen LogP) is 2.77. The monoisotopic (exact) mass is 246 g/mol. The summed E-state index contributed by atoms with van der Waals surface area (Å²) in [5.41, 5.74) is 1.98. The molecule has 0 saturated heterocycles. The van der Waals surface area contributed by atoms with Gasteiger partial charge in [-0.25, -0.2) is 0 Å². The lowest BCUT2D eigenvalue weighted by atomic mass is 10.1. The SMILES string of the molecule is CCN(CC)c1ccc(C(=O)N(C)C2CC2)cc1. The van der Waals surface area contributed by atoms with Crippen molar-refractivity contribution in [3.8, 4) is 0 Å². The van der Waals surface area contributed by atoms with Gasteiger partial charge in [0.2, 0.25) is 0 Å². The van der Waals surface area contributed by atoms with Gasteiger partial charge in [0.15, 0.2) is 0 Å². The Hall–Kier alpha value is -1.51. The van der Waals surface area contributed by atoms with Gasteiger partial charge in [-0.1, -0.05) is 0 Å². The van der Waals surface area contributed by atoms with Gasteiger partial charge in [0.25, 0.3) is 5.91 Å². The fourth-order valence-electron chi connectivity index (χ4n) is 2.23. The van der Waals surface area contributed by atoms with Crippen molar-refractivity contribution < 1.29 is 4.79 Å². The van der Waals surface area contributed by atoms with Crippen molar-refractivity contribution in [2.75, 3.05) is 25.0 Å². The van der Waals surface area contributed by atoms with E-state index in [-0.39, 0.29) is 5.91 Å². The maximum atomic E-state index is 12.2. The van der Waals surface area contributed by atoms with Crippen molar-refractivity contribution in [2.24, 2.45) is 0 Å². The van der Waals surface area contributed by atoms with Crippen LogP contribution in [0.15, 0.2) is 24.3 Å². The maximum Gasteiger partial charge on any atom is 0.253 e. The van der Waals surface area contributed by atoms with Crippen molar-refractivity contribution in [1.29, 1.82) is 0 Å². The van der Waals surface area contributed by atoms with E-state index < -0.39 is 0 Å². The second-order valence-electron chi connectivity index (χ2n) is 4.87. The Kier molecular flexibility index (Phi) is 3.90. The smallest absolute Gasteiger partial charge is 0.253 e. The number of rotatable bonds is 5. The first kappa shape index (κ1) is 12.9. The molecule has 0 bridgehead atoms. The summed E-state index contributed by atoms with van der Waals surface area (Å²) in [6.07, 6.45) is 2.31. The topological polar surface area (TPSA) is 23.6 Å². The molecule has 0 radical (unpaired) electrons. The van der Waals surface area contributed by atoms with Crippen molar-refractivity contribution in [2.45, 2.75) is 32.7 Å². The molecule has 3 nitrogen and oxygen atoms in total. The zero-order valence-electron chi connectivity index (χ0n) is 11.5. The first-order chi connectivity index (χ1) is 8.67. The molecule has 0 aliphatic heterocycles. The van der Waals surface area contributed by atoms with Gasteiger partial charge in [0.1, 0.15) is 0 Å². The standard InChI is InChI=1S/C15H22N2O/c1-4-17(5-2)14-8-6-12(7-9-14)15(18)16(3)13-10-11-13/h6-9,13H,4-5,10-11H2,1-3H3. The van der Waals surface area contributed by atoms with E-state index >= 15 is 0 Å². The van der Waals surface area contributed by atoms with Crippen LogP contribution in [0.1, 0.15) is 37.0 Å². The van der Waals surface area contributed by atoms with E-state index in [2.05, 4.69) is 18.7 Å². The molecule has 1 aliphatic carbocycles. The van der Waals surface area contributed by atoms with Crippen molar-refractivity contribution in [1.82, 2.24) is 4.90 Å². The lowest BCUT2D eigenvalue weighted by Crippen LogP contribution is -2.28. The Morgan fingerprint density at radius 2 is 1.72 bits per heavy atom. The molecule has 98 valence electrons. The maximum absolute atomic E-state index is 12.2. The third-order valence-corrected chi connectivity index (χ3v) is 3.66. The van der Waals surface area contributed by atoms with Crippen LogP contribution in [0.25, 0.3) is 0 Å². The number of carbonyl (C=O) groups is 1. The first-order valence-electron chi connectivity index (χ1n) is 6.79. The van der Waals surface area contributed by atoms with E-state index in [1.165, 1.54) is 5.69 Å². The minimum atomic E-state index is 0.142. The fourth-order valence-corrected chi connectivity index (χ4v) is 2.23. The third-order valence-electron chi connectivity index (χ3n) is 3.66. The number of carbonyl (C=O) groups excluding carboxylic acids is 1. The number of hydrogen-bond acceptors (Lipinski definition) is 2. The highest BCUT2D eigenvalue weighted by Crippen LogP contribution is 2.27. The highest BCUT2D eigenvalue weighted by Gasteiger charge is 2.29. The van der Waals surface area contributed by atoms with Crippen LogP contribution in [0.3, 0.4) is 0 Å². The highest BCUT2D eigenvalue weighted by atomic mass is 16.2. The Balaban J connectivity index is 2.09. The van der Waals surface area contributed by atoms with Crippen LogP contribution in [-0.4, -0.2) is 37.0 Å².